The lowest BCUT2D eigenvalue weighted by Crippen LogP contribution is -2.16. The summed E-state index contributed by atoms with van der Waals surface area (Å²) in [5, 5.41) is 4.58. The molecule has 1 aliphatic carbocycles. The van der Waals surface area contributed by atoms with Crippen molar-refractivity contribution < 1.29 is 14.0 Å². The summed E-state index contributed by atoms with van der Waals surface area (Å²) in [6.07, 6.45) is 2.22. The molecule has 6 heteroatoms. The van der Waals surface area contributed by atoms with Gasteiger partial charge in [-0.1, -0.05) is 0 Å². The molecule has 1 aliphatic rings. The minimum Gasteiger partial charge on any atom is -0.366 e. The molecule has 0 unspecified atom stereocenters. The summed E-state index contributed by atoms with van der Waals surface area (Å²) < 4.78 is 13.4. The zero-order valence-electron chi connectivity index (χ0n) is 11.1. The lowest BCUT2D eigenvalue weighted by Gasteiger charge is -2.07. The van der Waals surface area contributed by atoms with Gasteiger partial charge in [-0.25, -0.2) is 4.39 Å². The Balaban J connectivity index is 1.83. The maximum absolute atomic E-state index is 13.4. The van der Waals surface area contributed by atoms with Gasteiger partial charge in [0.2, 0.25) is 0 Å². The molecule has 0 aliphatic heterocycles. The van der Waals surface area contributed by atoms with Crippen LogP contribution in [0.3, 0.4) is 0 Å². The molecule has 21 heavy (non-hydrogen) atoms. The molecule has 2 amide bonds. The zero-order valence-corrected chi connectivity index (χ0v) is 11.9. The van der Waals surface area contributed by atoms with Gasteiger partial charge in [-0.3, -0.25) is 9.59 Å². The molecule has 0 bridgehead atoms. The lowest BCUT2D eigenvalue weighted by molar-refractivity contribution is 0.0993. The number of primary amides is 1. The highest BCUT2D eigenvalue weighted by Crippen LogP contribution is 2.43. The van der Waals surface area contributed by atoms with Gasteiger partial charge in [0.15, 0.2) is 0 Å². The predicted molar refractivity (Wildman–Crippen MR) is 79.2 cm³/mol. The Bertz CT molecular complexity index is 722. The number of hydrogen-bond acceptors (Lipinski definition) is 3. The van der Waals surface area contributed by atoms with Crippen LogP contribution in [-0.2, 0) is 0 Å². The van der Waals surface area contributed by atoms with E-state index in [0.29, 0.717) is 16.5 Å². The second kappa shape index (κ2) is 5.29. The predicted octanol–water partition coefficient (Wildman–Crippen LogP) is 3.12. The molecule has 3 N–H and O–H groups in total. The van der Waals surface area contributed by atoms with Gasteiger partial charge < -0.3 is 11.1 Å². The molecule has 4 nitrogen and oxygen atoms in total. The van der Waals surface area contributed by atoms with Crippen molar-refractivity contribution in [2.75, 3.05) is 5.32 Å². The Kier molecular flexibility index (Phi) is 3.47. The van der Waals surface area contributed by atoms with Crippen LogP contribution in [0.2, 0.25) is 0 Å². The molecule has 3 rings (SSSR count). The average Bonchev–Trinajstić information content (AvgIpc) is 3.17. The number of amides is 2. The molecule has 1 aromatic heterocycles. The maximum atomic E-state index is 13.4. The molecule has 1 saturated carbocycles. The van der Waals surface area contributed by atoms with E-state index >= 15 is 0 Å². The quantitative estimate of drug-likeness (QED) is 0.911. The van der Waals surface area contributed by atoms with E-state index in [2.05, 4.69) is 5.32 Å². The largest absolute Gasteiger partial charge is 0.366 e. The van der Waals surface area contributed by atoms with E-state index in [-0.39, 0.29) is 11.5 Å². The van der Waals surface area contributed by atoms with Crippen LogP contribution in [-0.4, -0.2) is 11.8 Å². The Hall–Kier alpha value is -2.21. The lowest BCUT2D eigenvalue weighted by atomic mass is 10.1. The molecule has 1 aromatic carbocycles. The summed E-state index contributed by atoms with van der Waals surface area (Å²) in [5.74, 6) is -1.32. The van der Waals surface area contributed by atoms with E-state index in [1.807, 2.05) is 11.4 Å². The normalized spacial score (nSPS) is 14.0. The second-order valence-corrected chi connectivity index (χ2v) is 5.91. The van der Waals surface area contributed by atoms with Gasteiger partial charge >= 0.3 is 0 Å². The van der Waals surface area contributed by atoms with E-state index < -0.39 is 11.7 Å². The minimum atomic E-state index is -0.863. The number of anilines is 1. The molecule has 1 fully saturated rings. The van der Waals surface area contributed by atoms with Crippen LogP contribution in [0.5, 0.6) is 0 Å². The number of nitrogens with one attached hydrogen (secondary N) is 1. The number of thiophene rings is 1. The summed E-state index contributed by atoms with van der Waals surface area (Å²) in [5.41, 5.74) is 6.27. The van der Waals surface area contributed by atoms with Crippen molar-refractivity contribution in [2.24, 2.45) is 5.73 Å². The molecule has 0 radical (unpaired) electrons. The van der Waals surface area contributed by atoms with Gasteiger partial charge in [-0.2, -0.15) is 0 Å². The fraction of sp³-hybridized carbons (Fsp3) is 0.200. The van der Waals surface area contributed by atoms with Crippen molar-refractivity contribution >= 4 is 28.8 Å². The molecule has 1 heterocycles. The van der Waals surface area contributed by atoms with E-state index in [0.717, 1.165) is 24.5 Å². The van der Waals surface area contributed by atoms with Crippen LogP contribution in [0.15, 0.2) is 29.6 Å². The van der Waals surface area contributed by atoms with Crippen molar-refractivity contribution in [3.63, 3.8) is 0 Å². The highest BCUT2D eigenvalue weighted by atomic mass is 32.1. The number of benzene rings is 1. The molecular formula is C15H13FN2O2S. The smallest absolute Gasteiger partial charge is 0.266 e. The molecular weight excluding hydrogens is 291 g/mol. The number of hydrogen-bond donors (Lipinski definition) is 2. The third-order valence-electron chi connectivity index (χ3n) is 3.41. The number of carbonyl (C=O) groups excluding carboxylic acids is 2. The minimum absolute atomic E-state index is 0.235. The maximum Gasteiger partial charge on any atom is 0.266 e. The van der Waals surface area contributed by atoms with Crippen LogP contribution in [0, 0.1) is 5.82 Å². The second-order valence-electron chi connectivity index (χ2n) is 4.99. The first kappa shape index (κ1) is 13.8. The Morgan fingerprint density at radius 2 is 2.05 bits per heavy atom. The molecule has 2 aromatic rings. The van der Waals surface area contributed by atoms with Gasteiger partial charge in [0.25, 0.3) is 11.8 Å². The van der Waals surface area contributed by atoms with Crippen molar-refractivity contribution in [1.29, 1.82) is 0 Å². The summed E-state index contributed by atoms with van der Waals surface area (Å²) >= 11 is 1.38. The Morgan fingerprint density at radius 3 is 2.71 bits per heavy atom. The first-order valence-corrected chi connectivity index (χ1v) is 7.42. The van der Waals surface area contributed by atoms with Gasteiger partial charge in [0.05, 0.1) is 10.4 Å². The van der Waals surface area contributed by atoms with E-state index in [9.17, 15) is 14.0 Å². The van der Waals surface area contributed by atoms with Gasteiger partial charge in [-0.05, 0) is 54.0 Å². The van der Waals surface area contributed by atoms with Crippen molar-refractivity contribution in [3.05, 3.63) is 51.5 Å². The number of nitrogens with two attached hydrogens (primary N) is 1. The Morgan fingerprint density at radius 1 is 1.29 bits per heavy atom. The fourth-order valence-electron chi connectivity index (χ4n) is 2.20. The van der Waals surface area contributed by atoms with Gasteiger partial charge in [0, 0.05) is 5.69 Å². The molecule has 0 atom stereocenters. The SMILES string of the molecule is NC(=O)c1cc(NC(=O)c2sccc2C2CC2)ccc1F. The number of rotatable bonds is 4. The highest BCUT2D eigenvalue weighted by molar-refractivity contribution is 7.12. The van der Waals surface area contributed by atoms with Gasteiger partial charge in [-0.15, -0.1) is 11.3 Å². The van der Waals surface area contributed by atoms with Crippen LogP contribution in [0.1, 0.15) is 44.4 Å². The summed E-state index contributed by atoms with van der Waals surface area (Å²) in [6.45, 7) is 0. The van der Waals surface area contributed by atoms with Crippen LogP contribution >= 0.6 is 11.3 Å². The number of halogens is 1. The van der Waals surface area contributed by atoms with E-state index in [1.54, 1.807) is 0 Å². The third-order valence-corrected chi connectivity index (χ3v) is 4.34. The van der Waals surface area contributed by atoms with Crippen molar-refractivity contribution in [3.8, 4) is 0 Å². The van der Waals surface area contributed by atoms with Gasteiger partial charge in [0.1, 0.15) is 5.82 Å². The highest BCUT2D eigenvalue weighted by Gasteiger charge is 2.29. The average molecular weight is 304 g/mol. The van der Waals surface area contributed by atoms with E-state index in [1.165, 1.54) is 23.5 Å². The first-order valence-electron chi connectivity index (χ1n) is 6.54. The van der Waals surface area contributed by atoms with Crippen LogP contribution in [0.25, 0.3) is 0 Å². The molecule has 0 saturated heterocycles. The summed E-state index contributed by atoms with van der Waals surface area (Å²) in [4.78, 5) is 24.1. The summed E-state index contributed by atoms with van der Waals surface area (Å²) in [7, 11) is 0. The molecule has 0 spiro atoms. The molecule has 108 valence electrons. The standard InChI is InChI=1S/C15H13FN2O2S/c16-12-4-3-9(7-11(12)14(17)19)18-15(20)13-10(5-6-21-13)8-1-2-8/h3-8H,1-2H2,(H2,17,19)(H,18,20). The zero-order chi connectivity index (χ0) is 15.0. The first-order chi connectivity index (χ1) is 10.1. The van der Waals surface area contributed by atoms with E-state index in [4.69, 9.17) is 5.73 Å². The monoisotopic (exact) mass is 304 g/mol. The number of carbonyl (C=O) groups is 2. The fourth-order valence-corrected chi connectivity index (χ4v) is 3.08. The Labute approximate surface area is 124 Å². The van der Waals surface area contributed by atoms with Crippen molar-refractivity contribution in [2.45, 2.75) is 18.8 Å². The van der Waals surface area contributed by atoms with Crippen LogP contribution in [0.4, 0.5) is 10.1 Å². The topological polar surface area (TPSA) is 72.2 Å². The third kappa shape index (κ3) is 2.80. The summed E-state index contributed by atoms with van der Waals surface area (Å²) in [6, 6.07) is 5.74. The van der Waals surface area contributed by atoms with Crippen LogP contribution < -0.4 is 11.1 Å². The van der Waals surface area contributed by atoms with Crippen molar-refractivity contribution in [1.82, 2.24) is 0 Å².